The third-order valence-electron chi connectivity index (χ3n) is 7.04. The van der Waals surface area contributed by atoms with Gasteiger partial charge in [-0.1, -0.05) is 96.2 Å². The van der Waals surface area contributed by atoms with Crippen molar-refractivity contribution in [1.29, 1.82) is 0 Å². The molecular formula is C33H23N3Si. The number of pyridine rings is 2. The van der Waals surface area contributed by atoms with Crippen LogP contribution in [0.1, 0.15) is 5.56 Å². The molecule has 0 fully saturated rings. The molecule has 0 amide bonds. The number of hydrogen-bond donors (Lipinski definition) is 1. The lowest BCUT2D eigenvalue weighted by Gasteiger charge is -2.13. The van der Waals surface area contributed by atoms with Crippen molar-refractivity contribution < 1.29 is 0 Å². The van der Waals surface area contributed by atoms with Gasteiger partial charge in [-0.05, 0) is 50.0 Å². The van der Waals surface area contributed by atoms with Crippen molar-refractivity contribution in [2.45, 2.75) is 6.54 Å². The van der Waals surface area contributed by atoms with Crippen LogP contribution in [0.25, 0.3) is 54.5 Å². The zero-order valence-corrected chi connectivity index (χ0v) is 21.1. The Labute approximate surface area is 217 Å². The first-order valence-electron chi connectivity index (χ1n) is 12.4. The maximum Gasteiger partial charge on any atom is 0.123 e. The third-order valence-corrected chi connectivity index (χ3v) is 8.22. The van der Waals surface area contributed by atoms with Crippen molar-refractivity contribution in [2.75, 3.05) is 0 Å². The van der Waals surface area contributed by atoms with Crippen molar-refractivity contribution in [1.82, 2.24) is 9.97 Å². The van der Waals surface area contributed by atoms with E-state index >= 15 is 0 Å². The van der Waals surface area contributed by atoms with Crippen LogP contribution in [0.3, 0.4) is 0 Å². The predicted octanol–water partition coefficient (Wildman–Crippen LogP) is 5.87. The van der Waals surface area contributed by atoms with E-state index in [4.69, 9.17) is 15.7 Å². The molecule has 0 saturated heterocycles. The number of hydrogen-bond acceptors (Lipinski definition) is 3. The molecule has 2 heterocycles. The molecule has 0 aliphatic heterocycles. The van der Waals surface area contributed by atoms with Crippen LogP contribution in [-0.4, -0.2) is 19.5 Å². The fraction of sp³-hybridized carbons (Fsp3) is 0.0303. The molecule has 3 nitrogen and oxygen atoms in total. The molecule has 174 valence electrons. The summed E-state index contributed by atoms with van der Waals surface area (Å²) in [6.45, 7) is 0.569. The lowest BCUT2D eigenvalue weighted by atomic mass is 9.92. The average Bonchev–Trinajstić information content (AvgIpc) is 2.96. The minimum atomic E-state index is 0.551. The summed E-state index contributed by atoms with van der Waals surface area (Å²) in [6, 6.07) is 36.8. The molecule has 0 spiro atoms. The van der Waals surface area contributed by atoms with Gasteiger partial charge < -0.3 is 5.73 Å². The first-order chi connectivity index (χ1) is 18.3. The molecule has 0 atom stereocenters. The molecule has 2 aromatic heterocycles. The normalized spacial score (nSPS) is 11.6. The molecule has 2 radical (unpaired) electrons. The topological polar surface area (TPSA) is 51.8 Å². The monoisotopic (exact) mass is 489 g/mol. The highest BCUT2D eigenvalue weighted by Gasteiger charge is 2.12. The van der Waals surface area contributed by atoms with Crippen LogP contribution in [0.4, 0.5) is 0 Å². The van der Waals surface area contributed by atoms with Gasteiger partial charge in [-0.2, -0.15) is 0 Å². The zero-order chi connectivity index (χ0) is 24.8. The van der Waals surface area contributed by atoms with Crippen LogP contribution < -0.4 is 16.1 Å². The van der Waals surface area contributed by atoms with E-state index in [0.29, 0.717) is 16.1 Å². The predicted molar refractivity (Wildman–Crippen MR) is 157 cm³/mol. The van der Waals surface area contributed by atoms with Crippen LogP contribution in [-0.2, 0) is 6.54 Å². The number of fused-ring (bicyclic) bond motifs is 5. The Morgan fingerprint density at radius 2 is 1.19 bits per heavy atom. The van der Waals surface area contributed by atoms with Crippen molar-refractivity contribution in [3.63, 3.8) is 0 Å². The van der Waals surface area contributed by atoms with Gasteiger partial charge in [-0.25, -0.2) is 0 Å². The second-order valence-corrected chi connectivity index (χ2v) is 10.8. The van der Waals surface area contributed by atoms with Crippen LogP contribution in [0.5, 0.6) is 0 Å². The maximum atomic E-state index is 5.74. The second kappa shape index (κ2) is 8.93. The molecule has 4 heteroatoms. The first kappa shape index (κ1) is 21.9. The van der Waals surface area contributed by atoms with Gasteiger partial charge in [0.05, 0.1) is 11.0 Å². The largest absolute Gasteiger partial charge is 0.326 e. The highest BCUT2D eigenvalue weighted by molar-refractivity contribution is 6.67. The fourth-order valence-corrected chi connectivity index (χ4v) is 6.24. The summed E-state index contributed by atoms with van der Waals surface area (Å²) in [6.07, 6.45) is 4.00. The summed E-state index contributed by atoms with van der Waals surface area (Å²) < 4.78 is 0. The summed E-state index contributed by atoms with van der Waals surface area (Å²) in [5.41, 5.74) is 11.1. The Morgan fingerprint density at radius 1 is 0.568 bits per heavy atom. The number of nitrogens with zero attached hydrogens (tertiary/aromatic N) is 2. The summed E-state index contributed by atoms with van der Waals surface area (Å²) in [4.78, 5) is 9.83. The van der Waals surface area contributed by atoms with Gasteiger partial charge in [0.25, 0.3) is 0 Å². The van der Waals surface area contributed by atoms with Gasteiger partial charge in [0.1, 0.15) is 9.52 Å². The molecule has 7 rings (SSSR count). The van der Waals surface area contributed by atoms with Crippen LogP contribution in [0.15, 0.2) is 116 Å². The Kier molecular flexibility index (Phi) is 5.28. The lowest BCUT2D eigenvalue weighted by molar-refractivity contribution is 1.07. The number of nitrogens with two attached hydrogens (primary N) is 1. The van der Waals surface area contributed by atoms with Crippen molar-refractivity contribution in [3.05, 3.63) is 121 Å². The van der Waals surface area contributed by atoms with Crippen LogP contribution in [0.2, 0.25) is 0 Å². The smallest absolute Gasteiger partial charge is 0.123 e. The maximum absolute atomic E-state index is 5.74. The standard InChI is InChI=1S/C33H23N3Si/c34-18-21-9-13-27(14-10-21)37-28-17-25-12-11-24-16-26(19-35-32(24)33(25)36-20-28)31-29-7-3-1-5-22(29)15-23-6-2-4-8-30(23)31/h1-17,19-20H,18,34H2. The first-order valence-corrected chi connectivity index (χ1v) is 13.4. The quantitative estimate of drug-likeness (QED) is 0.191. The lowest BCUT2D eigenvalue weighted by Crippen LogP contribution is -2.27. The molecule has 7 aromatic rings. The van der Waals surface area contributed by atoms with Crippen molar-refractivity contribution in [3.8, 4) is 11.1 Å². The Balaban J connectivity index is 1.33. The van der Waals surface area contributed by atoms with Gasteiger partial charge >= 0.3 is 0 Å². The van der Waals surface area contributed by atoms with E-state index in [0.717, 1.165) is 32.9 Å². The van der Waals surface area contributed by atoms with Gasteiger partial charge in [-0.15, -0.1) is 0 Å². The fourth-order valence-electron chi connectivity index (χ4n) is 5.21. The van der Waals surface area contributed by atoms with Crippen molar-refractivity contribution >= 4 is 63.2 Å². The molecule has 0 unspecified atom stereocenters. The minimum Gasteiger partial charge on any atom is -0.326 e. The third kappa shape index (κ3) is 3.87. The van der Waals surface area contributed by atoms with Gasteiger partial charge in [-0.3, -0.25) is 9.97 Å². The van der Waals surface area contributed by atoms with E-state index in [2.05, 4.69) is 103 Å². The van der Waals surface area contributed by atoms with E-state index in [-0.39, 0.29) is 0 Å². The van der Waals surface area contributed by atoms with E-state index in [1.165, 1.54) is 37.5 Å². The summed E-state index contributed by atoms with van der Waals surface area (Å²) >= 11 is 0. The van der Waals surface area contributed by atoms with Gasteiger partial charge in [0.2, 0.25) is 0 Å². The molecule has 0 saturated carbocycles. The van der Waals surface area contributed by atoms with E-state index in [9.17, 15) is 0 Å². The summed E-state index contributed by atoms with van der Waals surface area (Å²) in [5, 5.41) is 9.67. The molecule has 2 N–H and O–H groups in total. The highest BCUT2D eigenvalue weighted by atomic mass is 28.2. The number of rotatable bonds is 4. The van der Waals surface area contributed by atoms with E-state index in [1.54, 1.807) is 0 Å². The Morgan fingerprint density at radius 3 is 1.86 bits per heavy atom. The second-order valence-electron chi connectivity index (χ2n) is 9.38. The zero-order valence-electron chi connectivity index (χ0n) is 20.1. The van der Waals surface area contributed by atoms with Crippen molar-refractivity contribution in [2.24, 2.45) is 5.73 Å². The SMILES string of the molecule is NCc1ccc([Si]c2cnc3c(ccc4cc(-c5c6ccccc6cc6ccccc56)cnc43)c2)cc1. The number of aromatic nitrogens is 2. The van der Waals surface area contributed by atoms with Gasteiger partial charge in [0.15, 0.2) is 0 Å². The molecular weight excluding hydrogens is 466 g/mol. The van der Waals surface area contributed by atoms with E-state index in [1.807, 2.05) is 12.4 Å². The Hall–Kier alpha value is -4.38. The highest BCUT2D eigenvalue weighted by Crippen LogP contribution is 2.37. The van der Waals surface area contributed by atoms with Gasteiger partial charge in [0, 0.05) is 35.3 Å². The molecule has 37 heavy (non-hydrogen) atoms. The summed E-state index contributed by atoms with van der Waals surface area (Å²) in [7, 11) is 0.551. The number of benzene rings is 5. The van der Waals surface area contributed by atoms with Crippen LogP contribution >= 0.6 is 0 Å². The van der Waals surface area contributed by atoms with E-state index < -0.39 is 0 Å². The average molecular weight is 490 g/mol. The minimum absolute atomic E-state index is 0.551. The molecule has 5 aromatic carbocycles. The van der Waals surface area contributed by atoms with Crippen LogP contribution in [0, 0.1) is 0 Å². The molecule has 0 aliphatic carbocycles. The summed E-state index contributed by atoms with van der Waals surface area (Å²) in [5.74, 6) is 0. The molecule has 0 aliphatic rings. The molecule has 0 bridgehead atoms. The Bertz CT molecular complexity index is 1890.